The van der Waals surface area contributed by atoms with Gasteiger partial charge >= 0.3 is 0 Å². The van der Waals surface area contributed by atoms with E-state index in [1.54, 1.807) is 0 Å². The van der Waals surface area contributed by atoms with E-state index in [2.05, 4.69) is 86.6 Å². The molecule has 112 valence electrons. The van der Waals surface area contributed by atoms with Crippen molar-refractivity contribution < 1.29 is 0 Å². The zero-order valence-corrected chi connectivity index (χ0v) is 13.6. The van der Waals surface area contributed by atoms with Gasteiger partial charge in [-0.15, -0.1) is 0 Å². The molecule has 21 heavy (non-hydrogen) atoms. The summed E-state index contributed by atoms with van der Waals surface area (Å²) < 4.78 is 0. The number of anilines is 1. The molecule has 0 aliphatic heterocycles. The van der Waals surface area contributed by atoms with E-state index >= 15 is 0 Å². The average molecular weight is 282 g/mol. The van der Waals surface area contributed by atoms with Crippen molar-refractivity contribution >= 4 is 5.69 Å². The molecule has 0 amide bonds. The van der Waals surface area contributed by atoms with Crippen LogP contribution in [0.2, 0.25) is 0 Å². The molecule has 0 spiro atoms. The Bertz CT molecular complexity index is 543. The molecule has 0 radical (unpaired) electrons. The summed E-state index contributed by atoms with van der Waals surface area (Å²) >= 11 is 0. The fourth-order valence-electron chi connectivity index (χ4n) is 2.50. The Labute approximate surface area is 128 Å². The van der Waals surface area contributed by atoms with Gasteiger partial charge in [-0.1, -0.05) is 48.9 Å². The van der Waals surface area contributed by atoms with E-state index in [-0.39, 0.29) is 0 Å². The van der Waals surface area contributed by atoms with Crippen LogP contribution in [0.25, 0.3) is 0 Å². The Balaban J connectivity index is 2.02. The second-order valence-electron chi connectivity index (χ2n) is 5.71. The summed E-state index contributed by atoms with van der Waals surface area (Å²) in [6, 6.07) is 18.0. The summed E-state index contributed by atoms with van der Waals surface area (Å²) in [5, 5.41) is 3.44. The number of nitrogens with one attached hydrogen (secondary N) is 1. The largest absolute Gasteiger partial charge is 0.370 e. The van der Waals surface area contributed by atoms with Gasteiger partial charge in [0.2, 0.25) is 0 Å². The molecule has 2 heteroatoms. The van der Waals surface area contributed by atoms with Gasteiger partial charge < -0.3 is 10.2 Å². The Morgan fingerprint density at radius 2 is 1.62 bits per heavy atom. The smallest absolute Gasteiger partial charge is 0.0426 e. The van der Waals surface area contributed by atoms with Crippen molar-refractivity contribution in [2.75, 3.05) is 18.5 Å². The van der Waals surface area contributed by atoms with Crippen molar-refractivity contribution in [3.05, 3.63) is 65.2 Å². The van der Waals surface area contributed by atoms with Gasteiger partial charge in [0, 0.05) is 25.3 Å². The summed E-state index contributed by atoms with van der Waals surface area (Å²) in [5.74, 6) is 0. The molecule has 0 heterocycles. The molecule has 2 rings (SSSR count). The summed E-state index contributed by atoms with van der Waals surface area (Å²) in [5.41, 5.74) is 5.24. The van der Waals surface area contributed by atoms with Gasteiger partial charge in [-0.3, -0.25) is 0 Å². The van der Waals surface area contributed by atoms with Crippen LogP contribution in [0.4, 0.5) is 5.69 Å². The zero-order chi connectivity index (χ0) is 15.2. The van der Waals surface area contributed by atoms with Gasteiger partial charge in [-0.05, 0) is 43.7 Å². The first-order chi connectivity index (χ1) is 10.1. The SMILES string of the molecule is CCNC(C)c1ccc(N(C)Cc2ccc(C)cc2)cc1. The van der Waals surface area contributed by atoms with Gasteiger partial charge in [-0.25, -0.2) is 0 Å². The molecule has 1 atom stereocenters. The quantitative estimate of drug-likeness (QED) is 0.849. The van der Waals surface area contributed by atoms with Crippen LogP contribution >= 0.6 is 0 Å². The third-order valence-electron chi connectivity index (χ3n) is 3.88. The van der Waals surface area contributed by atoms with E-state index in [9.17, 15) is 0 Å². The number of hydrogen-bond donors (Lipinski definition) is 1. The highest BCUT2D eigenvalue weighted by Gasteiger charge is 2.06. The van der Waals surface area contributed by atoms with E-state index in [0.29, 0.717) is 6.04 Å². The van der Waals surface area contributed by atoms with Crippen LogP contribution in [0, 0.1) is 6.92 Å². The van der Waals surface area contributed by atoms with Gasteiger partial charge in [0.05, 0.1) is 0 Å². The molecular formula is C19H26N2. The number of benzene rings is 2. The van der Waals surface area contributed by atoms with Crippen LogP contribution in [0.15, 0.2) is 48.5 Å². The summed E-state index contributed by atoms with van der Waals surface area (Å²) in [6.45, 7) is 8.39. The maximum Gasteiger partial charge on any atom is 0.0426 e. The molecule has 0 saturated heterocycles. The predicted molar refractivity (Wildman–Crippen MR) is 91.8 cm³/mol. The summed E-state index contributed by atoms with van der Waals surface area (Å²) in [6.07, 6.45) is 0. The normalized spacial score (nSPS) is 12.2. The summed E-state index contributed by atoms with van der Waals surface area (Å²) in [7, 11) is 2.14. The maximum atomic E-state index is 3.44. The highest BCUT2D eigenvalue weighted by molar-refractivity contribution is 5.48. The third kappa shape index (κ3) is 4.33. The Morgan fingerprint density at radius 3 is 2.19 bits per heavy atom. The Kier molecular flexibility index (Phi) is 5.40. The molecule has 0 aliphatic rings. The molecule has 0 aliphatic carbocycles. The molecule has 1 N–H and O–H groups in total. The number of aryl methyl sites for hydroxylation is 1. The van der Waals surface area contributed by atoms with Crippen molar-refractivity contribution in [3.8, 4) is 0 Å². The Morgan fingerprint density at radius 1 is 1.00 bits per heavy atom. The standard InChI is InChI=1S/C19H26N2/c1-5-20-16(3)18-10-12-19(13-11-18)21(4)14-17-8-6-15(2)7-9-17/h6-13,16,20H,5,14H2,1-4H3. The number of nitrogens with zero attached hydrogens (tertiary/aromatic N) is 1. The van der Waals surface area contributed by atoms with Crippen LogP contribution < -0.4 is 10.2 Å². The van der Waals surface area contributed by atoms with Crippen molar-refractivity contribution in [2.45, 2.75) is 33.4 Å². The molecule has 2 aromatic carbocycles. The van der Waals surface area contributed by atoms with Crippen LogP contribution in [-0.2, 0) is 6.54 Å². The topological polar surface area (TPSA) is 15.3 Å². The second kappa shape index (κ2) is 7.28. The molecule has 0 saturated carbocycles. The van der Waals surface area contributed by atoms with Gasteiger partial charge in [0.1, 0.15) is 0 Å². The second-order valence-corrected chi connectivity index (χ2v) is 5.71. The third-order valence-corrected chi connectivity index (χ3v) is 3.88. The molecular weight excluding hydrogens is 256 g/mol. The van der Waals surface area contributed by atoms with Crippen LogP contribution in [0.1, 0.15) is 36.6 Å². The van der Waals surface area contributed by atoms with Crippen molar-refractivity contribution in [1.29, 1.82) is 0 Å². The van der Waals surface area contributed by atoms with E-state index < -0.39 is 0 Å². The molecule has 0 aromatic heterocycles. The highest BCUT2D eigenvalue weighted by Crippen LogP contribution is 2.20. The Hall–Kier alpha value is -1.80. The highest BCUT2D eigenvalue weighted by atomic mass is 15.1. The van der Waals surface area contributed by atoms with Crippen LogP contribution in [-0.4, -0.2) is 13.6 Å². The van der Waals surface area contributed by atoms with Crippen molar-refractivity contribution in [1.82, 2.24) is 5.32 Å². The minimum absolute atomic E-state index is 0.409. The van der Waals surface area contributed by atoms with Gasteiger partial charge in [0.25, 0.3) is 0 Å². The van der Waals surface area contributed by atoms with E-state index in [4.69, 9.17) is 0 Å². The lowest BCUT2D eigenvalue weighted by Gasteiger charge is -2.21. The molecule has 0 fully saturated rings. The fraction of sp³-hybridized carbons (Fsp3) is 0.368. The lowest BCUT2D eigenvalue weighted by atomic mass is 10.1. The van der Waals surface area contributed by atoms with E-state index in [1.165, 1.54) is 22.4 Å². The van der Waals surface area contributed by atoms with Gasteiger partial charge in [-0.2, -0.15) is 0 Å². The monoisotopic (exact) mass is 282 g/mol. The van der Waals surface area contributed by atoms with E-state index in [0.717, 1.165) is 13.1 Å². The molecule has 2 nitrogen and oxygen atoms in total. The molecule has 2 aromatic rings. The minimum atomic E-state index is 0.409. The predicted octanol–water partition coefficient (Wildman–Crippen LogP) is 4.30. The first-order valence-corrected chi connectivity index (χ1v) is 7.70. The lowest BCUT2D eigenvalue weighted by Crippen LogP contribution is -2.18. The molecule has 1 unspecified atom stereocenters. The van der Waals surface area contributed by atoms with Crippen LogP contribution in [0.3, 0.4) is 0 Å². The average Bonchev–Trinajstić information content (AvgIpc) is 2.50. The first kappa shape index (κ1) is 15.6. The first-order valence-electron chi connectivity index (χ1n) is 7.70. The fourth-order valence-corrected chi connectivity index (χ4v) is 2.50. The van der Waals surface area contributed by atoms with Crippen molar-refractivity contribution in [2.24, 2.45) is 0 Å². The minimum Gasteiger partial charge on any atom is -0.370 e. The maximum absolute atomic E-state index is 3.44. The number of rotatable bonds is 6. The van der Waals surface area contributed by atoms with E-state index in [1.807, 2.05) is 0 Å². The number of hydrogen-bond acceptors (Lipinski definition) is 2. The lowest BCUT2D eigenvalue weighted by molar-refractivity contribution is 0.598. The van der Waals surface area contributed by atoms with Crippen LogP contribution in [0.5, 0.6) is 0 Å². The van der Waals surface area contributed by atoms with Gasteiger partial charge in [0.15, 0.2) is 0 Å². The van der Waals surface area contributed by atoms with Crippen molar-refractivity contribution in [3.63, 3.8) is 0 Å². The zero-order valence-electron chi connectivity index (χ0n) is 13.6. The summed E-state index contributed by atoms with van der Waals surface area (Å²) in [4.78, 5) is 2.28. The molecule has 0 bridgehead atoms.